The molecular weight excluding hydrogens is 305 g/mol. The molecule has 0 amide bonds. The second-order valence-corrected chi connectivity index (χ2v) is 5.53. The zero-order valence-corrected chi connectivity index (χ0v) is 12.6. The van der Waals surface area contributed by atoms with Gasteiger partial charge >= 0.3 is 5.97 Å². The molecule has 0 spiro atoms. The molecule has 0 unspecified atom stereocenters. The van der Waals surface area contributed by atoms with Crippen molar-refractivity contribution >= 4 is 28.5 Å². The maximum Gasteiger partial charge on any atom is 0.338 e. The Morgan fingerprint density at radius 2 is 2.05 bits per heavy atom. The Kier molecular flexibility index (Phi) is 3.62. The lowest BCUT2D eigenvalue weighted by Gasteiger charge is -2.09. The van der Waals surface area contributed by atoms with E-state index in [1.165, 1.54) is 6.07 Å². The maximum absolute atomic E-state index is 14.2. The van der Waals surface area contributed by atoms with Gasteiger partial charge in [0.15, 0.2) is 0 Å². The number of aromatic nitrogens is 1. The van der Waals surface area contributed by atoms with E-state index in [4.69, 9.17) is 16.7 Å². The second-order valence-electron chi connectivity index (χ2n) is 5.16. The van der Waals surface area contributed by atoms with E-state index < -0.39 is 11.8 Å². The van der Waals surface area contributed by atoms with E-state index in [1.807, 2.05) is 35.9 Å². The van der Waals surface area contributed by atoms with Gasteiger partial charge in [-0.3, -0.25) is 0 Å². The Morgan fingerprint density at radius 1 is 1.27 bits per heavy atom. The molecule has 3 aromatic rings. The first-order valence-electron chi connectivity index (χ1n) is 6.73. The summed E-state index contributed by atoms with van der Waals surface area (Å²) >= 11 is 6.28. The number of fused-ring (bicyclic) bond motifs is 1. The largest absolute Gasteiger partial charge is 0.478 e. The standard InChI is InChI=1S/C17H13ClFNO2/c1-10-5-6-14-12(15(10)18)7-8-20(14)9-11-3-2-4-13(16(11)19)17(21)22/h2-8H,9H2,1H3,(H,21,22). The summed E-state index contributed by atoms with van der Waals surface area (Å²) in [6.07, 6.45) is 1.82. The summed E-state index contributed by atoms with van der Waals surface area (Å²) in [5.41, 5.74) is 1.87. The molecule has 1 N–H and O–H groups in total. The summed E-state index contributed by atoms with van der Waals surface area (Å²) in [5.74, 6) is -1.97. The van der Waals surface area contributed by atoms with Crippen molar-refractivity contribution in [1.82, 2.24) is 4.57 Å². The molecule has 0 radical (unpaired) electrons. The molecular formula is C17H13ClFNO2. The summed E-state index contributed by atoms with van der Waals surface area (Å²) in [4.78, 5) is 11.0. The number of carboxylic acid groups (broad SMARTS) is 1. The van der Waals surface area contributed by atoms with Crippen molar-refractivity contribution in [3.63, 3.8) is 0 Å². The summed E-state index contributed by atoms with van der Waals surface area (Å²) in [6, 6.07) is 10.1. The van der Waals surface area contributed by atoms with Gasteiger partial charge in [-0.1, -0.05) is 29.8 Å². The lowest BCUT2D eigenvalue weighted by Crippen LogP contribution is -2.06. The number of aromatic carboxylic acids is 1. The fraction of sp³-hybridized carbons (Fsp3) is 0.118. The SMILES string of the molecule is Cc1ccc2c(ccn2Cc2cccc(C(=O)O)c2F)c1Cl. The predicted molar refractivity (Wildman–Crippen MR) is 84.1 cm³/mol. The molecule has 5 heteroatoms. The Hall–Kier alpha value is -2.33. The molecule has 112 valence electrons. The average Bonchev–Trinajstić information content (AvgIpc) is 2.88. The first kappa shape index (κ1) is 14.6. The van der Waals surface area contributed by atoms with Crippen molar-refractivity contribution in [2.45, 2.75) is 13.5 Å². The highest BCUT2D eigenvalue weighted by molar-refractivity contribution is 6.36. The van der Waals surface area contributed by atoms with Gasteiger partial charge in [-0.25, -0.2) is 9.18 Å². The summed E-state index contributed by atoms with van der Waals surface area (Å²) in [7, 11) is 0. The number of halogens is 2. The highest BCUT2D eigenvalue weighted by Crippen LogP contribution is 2.28. The third-order valence-corrected chi connectivity index (χ3v) is 4.23. The Balaban J connectivity index is 2.06. The van der Waals surface area contributed by atoms with Crippen LogP contribution in [0.5, 0.6) is 0 Å². The lowest BCUT2D eigenvalue weighted by atomic mass is 10.1. The number of benzene rings is 2. The predicted octanol–water partition coefficient (Wildman–Crippen LogP) is 4.49. The molecule has 0 aliphatic heterocycles. The molecule has 0 aliphatic rings. The van der Waals surface area contributed by atoms with Gasteiger partial charge in [0.1, 0.15) is 5.82 Å². The summed E-state index contributed by atoms with van der Waals surface area (Å²) in [6.45, 7) is 2.17. The number of hydrogen-bond acceptors (Lipinski definition) is 1. The number of carbonyl (C=O) groups is 1. The van der Waals surface area contributed by atoms with Crippen molar-refractivity contribution in [3.8, 4) is 0 Å². The number of aryl methyl sites for hydroxylation is 1. The van der Waals surface area contributed by atoms with Crippen LogP contribution in [0, 0.1) is 12.7 Å². The minimum Gasteiger partial charge on any atom is -0.478 e. The molecule has 0 fully saturated rings. The van der Waals surface area contributed by atoms with Crippen LogP contribution in [-0.2, 0) is 6.54 Å². The Morgan fingerprint density at radius 3 is 2.77 bits per heavy atom. The third kappa shape index (κ3) is 2.35. The van der Waals surface area contributed by atoms with Gasteiger partial charge in [-0.2, -0.15) is 0 Å². The topological polar surface area (TPSA) is 42.2 Å². The molecule has 0 saturated carbocycles. The highest BCUT2D eigenvalue weighted by atomic mass is 35.5. The normalized spacial score (nSPS) is 11.0. The fourth-order valence-corrected chi connectivity index (χ4v) is 2.76. The third-order valence-electron chi connectivity index (χ3n) is 3.73. The van der Waals surface area contributed by atoms with Crippen LogP contribution in [0.1, 0.15) is 21.5 Å². The highest BCUT2D eigenvalue weighted by Gasteiger charge is 2.15. The summed E-state index contributed by atoms with van der Waals surface area (Å²) < 4.78 is 16.1. The zero-order chi connectivity index (χ0) is 15.9. The van der Waals surface area contributed by atoms with E-state index in [9.17, 15) is 9.18 Å². The van der Waals surface area contributed by atoms with Crippen molar-refractivity contribution in [1.29, 1.82) is 0 Å². The molecule has 1 aromatic heterocycles. The molecule has 0 bridgehead atoms. The van der Waals surface area contributed by atoms with Crippen molar-refractivity contribution in [3.05, 3.63) is 70.1 Å². The number of rotatable bonds is 3. The van der Waals surface area contributed by atoms with Crippen LogP contribution in [0.3, 0.4) is 0 Å². The van der Waals surface area contributed by atoms with Crippen LogP contribution in [-0.4, -0.2) is 15.6 Å². The van der Waals surface area contributed by atoms with E-state index in [0.717, 1.165) is 16.5 Å². The molecule has 2 aromatic carbocycles. The van der Waals surface area contributed by atoms with Crippen LogP contribution in [0.15, 0.2) is 42.6 Å². The maximum atomic E-state index is 14.2. The van der Waals surface area contributed by atoms with Gasteiger partial charge in [0, 0.05) is 22.7 Å². The molecule has 3 rings (SSSR count). The van der Waals surface area contributed by atoms with Crippen LogP contribution < -0.4 is 0 Å². The first-order chi connectivity index (χ1) is 10.5. The first-order valence-corrected chi connectivity index (χ1v) is 7.11. The van der Waals surface area contributed by atoms with Crippen LogP contribution >= 0.6 is 11.6 Å². The van der Waals surface area contributed by atoms with Crippen LogP contribution in [0.2, 0.25) is 5.02 Å². The number of hydrogen-bond donors (Lipinski definition) is 1. The number of carboxylic acids is 1. The van der Waals surface area contributed by atoms with E-state index >= 15 is 0 Å². The minimum atomic E-state index is -1.27. The van der Waals surface area contributed by atoms with Gasteiger partial charge in [0.05, 0.1) is 17.1 Å². The van der Waals surface area contributed by atoms with Gasteiger partial charge in [0.2, 0.25) is 0 Å². The monoisotopic (exact) mass is 317 g/mol. The van der Waals surface area contributed by atoms with E-state index in [0.29, 0.717) is 10.6 Å². The quantitative estimate of drug-likeness (QED) is 0.773. The molecule has 3 nitrogen and oxygen atoms in total. The van der Waals surface area contributed by atoms with E-state index in [1.54, 1.807) is 12.1 Å². The molecule has 0 atom stereocenters. The lowest BCUT2D eigenvalue weighted by molar-refractivity contribution is 0.0691. The van der Waals surface area contributed by atoms with Gasteiger partial charge in [-0.15, -0.1) is 0 Å². The minimum absolute atomic E-state index is 0.246. The Bertz CT molecular complexity index is 886. The van der Waals surface area contributed by atoms with Crippen molar-refractivity contribution in [2.75, 3.05) is 0 Å². The number of nitrogens with zero attached hydrogens (tertiary/aromatic N) is 1. The van der Waals surface area contributed by atoms with Crippen molar-refractivity contribution in [2.24, 2.45) is 0 Å². The van der Waals surface area contributed by atoms with Crippen molar-refractivity contribution < 1.29 is 14.3 Å². The average molecular weight is 318 g/mol. The smallest absolute Gasteiger partial charge is 0.338 e. The molecule has 1 heterocycles. The molecule has 0 aliphatic carbocycles. The Labute approximate surface area is 131 Å². The van der Waals surface area contributed by atoms with E-state index in [-0.39, 0.29) is 12.1 Å². The van der Waals surface area contributed by atoms with Gasteiger partial charge < -0.3 is 9.67 Å². The second kappa shape index (κ2) is 5.46. The fourth-order valence-electron chi connectivity index (χ4n) is 2.53. The van der Waals surface area contributed by atoms with E-state index in [2.05, 4.69) is 0 Å². The van der Waals surface area contributed by atoms with Crippen LogP contribution in [0.4, 0.5) is 4.39 Å². The summed E-state index contributed by atoms with van der Waals surface area (Å²) in [5, 5.41) is 10.6. The molecule has 0 saturated heterocycles. The molecule has 22 heavy (non-hydrogen) atoms. The van der Waals surface area contributed by atoms with Gasteiger partial charge in [-0.05, 0) is 30.7 Å². The zero-order valence-electron chi connectivity index (χ0n) is 11.8. The van der Waals surface area contributed by atoms with Gasteiger partial charge in [0.25, 0.3) is 0 Å². The van der Waals surface area contributed by atoms with Crippen LogP contribution in [0.25, 0.3) is 10.9 Å².